The summed E-state index contributed by atoms with van der Waals surface area (Å²) in [7, 11) is 0. The zero-order valence-electron chi connectivity index (χ0n) is 18.9. The van der Waals surface area contributed by atoms with E-state index in [0.29, 0.717) is 25.5 Å². The summed E-state index contributed by atoms with van der Waals surface area (Å²) in [6.07, 6.45) is 1.35. The smallest absolute Gasteiger partial charge is 0.134 e. The highest BCUT2D eigenvalue weighted by molar-refractivity contribution is 5.83. The van der Waals surface area contributed by atoms with Crippen LogP contribution in [0.5, 0.6) is 5.75 Å². The molecule has 1 heterocycles. The van der Waals surface area contributed by atoms with Crippen LogP contribution < -0.4 is 4.74 Å². The first-order chi connectivity index (χ1) is 17.1. The minimum atomic E-state index is -0.463. The molecule has 4 aromatic carbocycles. The van der Waals surface area contributed by atoms with Crippen molar-refractivity contribution in [1.29, 1.82) is 0 Å². The first-order valence-electron chi connectivity index (χ1n) is 11.3. The molecule has 0 bridgehead atoms. The van der Waals surface area contributed by atoms with Crippen molar-refractivity contribution in [2.45, 2.75) is 19.3 Å². The molecule has 0 aliphatic heterocycles. The van der Waals surface area contributed by atoms with E-state index in [1.807, 2.05) is 42.6 Å². The number of hydrogen-bond donors (Lipinski definition) is 0. The summed E-state index contributed by atoms with van der Waals surface area (Å²) in [5.41, 5.74) is 2.26. The van der Waals surface area contributed by atoms with Gasteiger partial charge in [0.1, 0.15) is 35.8 Å². The van der Waals surface area contributed by atoms with Crippen LogP contribution in [0.15, 0.2) is 97.2 Å². The van der Waals surface area contributed by atoms with E-state index in [4.69, 9.17) is 9.47 Å². The third-order valence-electron chi connectivity index (χ3n) is 5.64. The van der Waals surface area contributed by atoms with Crippen LogP contribution in [0, 0.1) is 11.6 Å². The van der Waals surface area contributed by atoms with Crippen molar-refractivity contribution in [3.63, 3.8) is 0 Å². The number of rotatable bonds is 9. The Balaban J connectivity index is 1.19. The lowest BCUT2D eigenvalue weighted by Gasteiger charge is -2.19. The van der Waals surface area contributed by atoms with Crippen LogP contribution in [0.1, 0.15) is 22.9 Å². The van der Waals surface area contributed by atoms with Crippen molar-refractivity contribution in [3.05, 3.63) is 126 Å². The Morgan fingerprint density at radius 2 is 1.43 bits per heavy atom. The second-order valence-electron chi connectivity index (χ2n) is 8.12. The molecule has 1 aromatic heterocycles. The van der Waals surface area contributed by atoms with Gasteiger partial charge in [0.25, 0.3) is 0 Å². The molecular formula is C28H23F2N3O2. The number of nitrogens with zero attached hydrogens (tertiary/aromatic N) is 3. The Labute approximate surface area is 201 Å². The van der Waals surface area contributed by atoms with E-state index in [9.17, 15) is 8.78 Å². The van der Waals surface area contributed by atoms with E-state index in [-0.39, 0.29) is 11.6 Å². The third-order valence-corrected chi connectivity index (χ3v) is 5.64. The fraction of sp³-hybridized carbons (Fsp3) is 0.143. The molecule has 0 amide bonds. The molecule has 0 atom stereocenters. The zero-order chi connectivity index (χ0) is 24.0. The predicted octanol–water partition coefficient (Wildman–Crippen LogP) is 6.09. The molecule has 0 aliphatic carbocycles. The van der Waals surface area contributed by atoms with E-state index >= 15 is 0 Å². The topological polar surface area (TPSA) is 49.2 Å². The fourth-order valence-corrected chi connectivity index (χ4v) is 3.85. The lowest BCUT2D eigenvalue weighted by Crippen LogP contribution is -2.12. The van der Waals surface area contributed by atoms with Crippen molar-refractivity contribution in [2.75, 3.05) is 6.61 Å². The second kappa shape index (κ2) is 10.4. The molecule has 0 spiro atoms. The van der Waals surface area contributed by atoms with Crippen LogP contribution in [0.2, 0.25) is 0 Å². The highest BCUT2D eigenvalue weighted by Gasteiger charge is 2.15. The molecule has 0 fully saturated rings. The Kier molecular flexibility index (Phi) is 6.77. The Morgan fingerprint density at radius 3 is 2.11 bits per heavy atom. The van der Waals surface area contributed by atoms with Crippen LogP contribution >= 0.6 is 0 Å². The summed E-state index contributed by atoms with van der Waals surface area (Å²) in [4.78, 5) is 0. The summed E-state index contributed by atoms with van der Waals surface area (Å²) >= 11 is 0. The van der Waals surface area contributed by atoms with Gasteiger partial charge < -0.3 is 9.47 Å². The maximum Gasteiger partial charge on any atom is 0.134 e. The quantitative estimate of drug-likeness (QED) is 0.261. The summed E-state index contributed by atoms with van der Waals surface area (Å²) in [6, 6.07) is 26.3. The fourth-order valence-electron chi connectivity index (χ4n) is 3.85. The molecule has 0 unspecified atom stereocenters. The maximum absolute atomic E-state index is 13.4. The highest BCUT2D eigenvalue weighted by Crippen LogP contribution is 2.27. The van der Waals surface area contributed by atoms with Gasteiger partial charge in [0, 0.05) is 0 Å². The van der Waals surface area contributed by atoms with Gasteiger partial charge in [-0.2, -0.15) is 0 Å². The average Bonchev–Trinajstić information content (AvgIpc) is 3.34. The summed E-state index contributed by atoms with van der Waals surface area (Å²) in [5, 5.41) is 10.6. The van der Waals surface area contributed by atoms with Gasteiger partial charge in [-0.3, -0.25) is 0 Å². The van der Waals surface area contributed by atoms with Crippen molar-refractivity contribution < 1.29 is 18.3 Å². The van der Waals surface area contributed by atoms with Gasteiger partial charge >= 0.3 is 0 Å². The second-order valence-corrected chi connectivity index (χ2v) is 8.12. The molecule has 5 aromatic rings. The Hall–Kier alpha value is -4.10. The standard InChI is InChI=1S/C28H23F2N3O2/c29-24-10-5-21(6-11-24)28(22-7-12-25(30)13-8-22)34-16-15-33-18-26(31-32-33)19-35-27-14-9-20-3-1-2-4-23(20)17-27/h1-14,17-18,28H,15-16,19H2. The molecule has 5 nitrogen and oxygen atoms in total. The van der Waals surface area contributed by atoms with Gasteiger partial charge in [0.15, 0.2) is 0 Å². The largest absolute Gasteiger partial charge is 0.487 e. The molecule has 7 heteroatoms. The number of hydrogen-bond acceptors (Lipinski definition) is 4. The van der Waals surface area contributed by atoms with Gasteiger partial charge in [0.2, 0.25) is 0 Å². The molecule has 0 saturated carbocycles. The van der Waals surface area contributed by atoms with E-state index < -0.39 is 6.10 Å². The summed E-state index contributed by atoms with van der Waals surface area (Å²) < 4.78 is 40.5. The van der Waals surface area contributed by atoms with Gasteiger partial charge in [-0.1, -0.05) is 59.8 Å². The average molecular weight is 472 g/mol. The number of ether oxygens (including phenoxy) is 2. The normalized spacial score (nSPS) is 11.3. The Morgan fingerprint density at radius 1 is 0.771 bits per heavy atom. The zero-order valence-corrected chi connectivity index (χ0v) is 18.9. The number of aromatic nitrogens is 3. The van der Waals surface area contributed by atoms with Gasteiger partial charge in [-0.15, -0.1) is 5.10 Å². The summed E-state index contributed by atoms with van der Waals surface area (Å²) in [6.45, 7) is 1.09. The van der Waals surface area contributed by atoms with Crippen LogP contribution in [-0.2, 0) is 17.9 Å². The molecule has 0 radical (unpaired) electrons. The van der Waals surface area contributed by atoms with E-state index in [2.05, 4.69) is 16.4 Å². The monoisotopic (exact) mass is 471 g/mol. The molecule has 5 rings (SSSR count). The maximum atomic E-state index is 13.4. The van der Waals surface area contributed by atoms with Crippen LogP contribution in [0.25, 0.3) is 10.8 Å². The van der Waals surface area contributed by atoms with E-state index in [1.165, 1.54) is 24.3 Å². The van der Waals surface area contributed by atoms with Crippen LogP contribution in [0.3, 0.4) is 0 Å². The first kappa shape index (κ1) is 22.7. The predicted molar refractivity (Wildman–Crippen MR) is 129 cm³/mol. The molecule has 0 saturated heterocycles. The molecule has 176 valence electrons. The van der Waals surface area contributed by atoms with Crippen LogP contribution in [0.4, 0.5) is 8.78 Å². The van der Waals surface area contributed by atoms with E-state index in [0.717, 1.165) is 27.6 Å². The minimum Gasteiger partial charge on any atom is -0.487 e. The Bertz CT molecular complexity index is 1360. The summed E-state index contributed by atoms with van der Waals surface area (Å²) in [5.74, 6) is 0.114. The van der Waals surface area contributed by atoms with Gasteiger partial charge in [-0.05, 0) is 58.3 Å². The van der Waals surface area contributed by atoms with Crippen molar-refractivity contribution in [1.82, 2.24) is 15.0 Å². The number of benzene rings is 4. The SMILES string of the molecule is Fc1ccc(C(OCCn2cc(COc3ccc4ccccc4c3)nn2)c2ccc(F)cc2)cc1. The lowest BCUT2D eigenvalue weighted by molar-refractivity contribution is 0.0716. The minimum absolute atomic E-state index is 0.299. The van der Waals surface area contributed by atoms with Crippen LogP contribution in [-0.4, -0.2) is 21.6 Å². The van der Waals surface area contributed by atoms with Crippen molar-refractivity contribution in [3.8, 4) is 5.75 Å². The van der Waals surface area contributed by atoms with Gasteiger partial charge in [-0.25, -0.2) is 13.5 Å². The highest BCUT2D eigenvalue weighted by atomic mass is 19.1. The molecule has 35 heavy (non-hydrogen) atoms. The lowest BCUT2D eigenvalue weighted by atomic mass is 10.0. The third kappa shape index (κ3) is 5.70. The van der Waals surface area contributed by atoms with E-state index in [1.54, 1.807) is 28.9 Å². The number of fused-ring (bicyclic) bond motifs is 1. The van der Waals surface area contributed by atoms with Gasteiger partial charge in [0.05, 0.1) is 19.3 Å². The van der Waals surface area contributed by atoms with Crippen molar-refractivity contribution in [2.24, 2.45) is 0 Å². The molecular weight excluding hydrogens is 448 g/mol. The van der Waals surface area contributed by atoms with Crippen molar-refractivity contribution >= 4 is 10.8 Å². The number of halogens is 2. The molecule has 0 aliphatic rings. The molecule has 0 N–H and O–H groups in total. The first-order valence-corrected chi connectivity index (χ1v) is 11.3.